The number of pyridine rings is 1. The summed E-state index contributed by atoms with van der Waals surface area (Å²) in [6, 6.07) is 10.4. The fourth-order valence-electron chi connectivity index (χ4n) is 2.27. The van der Waals surface area contributed by atoms with Gasteiger partial charge in [-0.2, -0.15) is 5.26 Å². The highest BCUT2D eigenvalue weighted by molar-refractivity contribution is 5.46. The van der Waals surface area contributed by atoms with Crippen molar-refractivity contribution < 1.29 is 9.84 Å². The van der Waals surface area contributed by atoms with Crippen molar-refractivity contribution in [2.24, 2.45) is 0 Å². The van der Waals surface area contributed by atoms with Gasteiger partial charge in [-0.1, -0.05) is 6.07 Å². The number of fused-ring (bicyclic) bond motifs is 1. The number of phenols is 1. The molecule has 0 spiro atoms. The standard InChI is InChI=1S/C15H12N2O2/c16-9-11-7-10-3-1-6-14(10)17-15(11)19-13-5-2-4-12(18)8-13/h2,4-5,7-8,18H,1,3,6H2. The Hall–Kier alpha value is -2.54. The molecule has 0 radical (unpaired) electrons. The fourth-order valence-corrected chi connectivity index (χ4v) is 2.27. The molecule has 1 aromatic carbocycles. The lowest BCUT2D eigenvalue weighted by molar-refractivity contribution is 0.443. The average molecular weight is 252 g/mol. The molecule has 4 nitrogen and oxygen atoms in total. The van der Waals surface area contributed by atoms with Crippen molar-refractivity contribution in [1.29, 1.82) is 5.26 Å². The maximum absolute atomic E-state index is 9.41. The number of ether oxygens (including phenoxy) is 1. The monoisotopic (exact) mass is 252 g/mol. The lowest BCUT2D eigenvalue weighted by atomic mass is 10.1. The number of benzene rings is 1. The van der Waals surface area contributed by atoms with E-state index in [9.17, 15) is 5.11 Å². The van der Waals surface area contributed by atoms with Crippen LogP contribution in [0.25, 0.3) is 0 Å². The first-order valence-corrected chi connectivity index (χ1v) is 6.16. The molecule has 1 aromatic heterocycles. The number of rotatable bonds is 2. The molecule has 94 valence electrons. The van der Waals surface area contributed by atoms with Gasteiger partial charge in [0.15, 0.2) is 0 Å². The predicted octanol–water partition coefficient (Wildman–Crippen LogP) is 2.94. The summed E-state index contributed by atoms with van der Waals surface area (Å²) in [4.78, 5) is 4.42. The number of phenolic OH excluding ortho intramolecular Hbond substituents is 1. The molecule has 2 aromatic rings. The van der Waals surface area contributed by atoms with E-state index < -0.39 is 0 Å². The second-order valence-electron chi connectivity index (χ2n) is 4.51. The highest BCUT2D eigenvalue weighted by Crippen LogP contribution is 2.30. The van der Waals surface area contributed by atoms with Crippen molar-refractivity contribution in [2.45, 2.75) is 19.3 Å². The first kappa shape index (κ1) is 11.5. The van der Waals surface area contributed by atoms with Crippen molar-refractivity contribution in [2.75, 3.05) is 0 Å². The Labute approximate surface area is 110 Å². The normalized spacial score (nSPS) is 12.8. The number of nitrogens with zero attached hydrogens (tertiary/aromatic N) is 2. The lowest BCUT2D eigenvalue weighted by Crippen LogP contribution is -1.97. The average Bonchev–Trinajstić information content (AvgIpc) is 2.85. The second-order valence-corrected chi connectivity index (χ2v) is 4.51. The molecule has 0 saturated carbocycles. The molecular weight excluding hydrogens is 240 g/mol. The third-order valence-corrected chi connectivity index (χ3v) is 3.17. The molecule has 3 rings (SSSR count). The second kappa shape index (κ2) is 4.62. The van der Waals surface area contributed by atoms with Crippen LogP contribution in [0, 0.1) is 11.3 Å². The van der Waals surface area contributed by atoms with Crippen molar-refractivity contribution in [3.63, 3.8) is 0 Å². The van der Waals surface area contributed by atoms with Gasteiger partial charge in [0.2, 0.25) is 5.88 Å². The van der Waals surface area contributed by atoms with Crippen molar-refractivity contribution in [3.05, 3.63) is 47.2 Å². The van der Waals surface area contributed by atoms with Gasteiger partial charge in [-0.15, -0.1) is 0 Å². The molecule has 0 amide bonds. The van der Waals surface area contributed by atoms with Crippen LogP contribution in [0.3, 0.4) is 0 Å². The molecule has 1 aliphatic carbocycles. The summed E-state index contributed by atoms with van der Waals surface area (Å²) < 4.78 is 5.61. The Balaban J connectivity index is 1.99. The van der Waals surface area contributed by atoms with Crippen LogP contribution >= 0.6 is 0 Å². The maximum Gasteiger partial charge on any atom is 0.237 e. The van der Waals surface area contributed by atoms with E-state index in [2.05, 4.69) is 11.1 Å². The fraction of sp³-hybridized carbons (Fsp3) is 0.200. The van der Waals surface area contributed by atoms with E-state index in [1.807, 2.05) is 6.07 Å². The van der Waals surface area contributed by atoms with Crippen LogP contribution in [-0.4, -0.2) is 10.1 Å². The van der Waals surface area contributed by atoms with Crippen LogP contribution in [0.5, 0.6) is 17.4 Å². The summed E-state index contributed by atoms with van der Waals surface area (Å²) in [7, 11) is 0. The van der Waals surface area contributed by atoms with Gasteiger partial charge < -0.3 is 9.84 Å². The van der Waals surface area contributed by atoms with E-state index in [4.69, 9.17) is 10.00 Å². The molecule has 0 unspecified atom stereocenters. The molecule has 0 atom stereocenters. The largest absolute Gasteiger partial charge is 0.508 e. The first-order chi connectivity index (χ1) is 9.26. The van der Waals surface area contributed by atoms with E-state index in [0.717, 1.165) is 30.5 Å². The Morgan fingerprint density at radius 1 is 1.26 bits per heavy atom. The SMILES string of the molecule is N#Cc1cc2c(nc1Oc1cccc(O)c1)CCC2. The zero-order valence-corrected chi connectivity index (χ0v) is 10.3. The van der Waals surface area contributed by atoms with E-state index in [0.29, 0.717) is 17.2 Å². The minimum absolute atomic E-state index is 0.122. The Kier molecular flexibility index (Phi) is 2.81. The van der Waals surface area contributed by atoms with E-state index >= 15 is 0 Å². The third kappa shape index (κ3) is 2.23. The summed E-state index contributed by atoms with van der Waals surface area (Å²) in [5, 5.41) is 18.6. The summed E-state index contributed by atoms with van der Waals surface area (Å²) in [5.41, 5.74) is 2.58. The number of hydrogen-bond acceptors (Lipinski definition) is 4. The zero-order valence-electron chi connectivity index (χ0n) is 10.3. The molecule has 0 fully saturated rings. The summed E-state index contributed by atoms with van der Waals surface area (Å²) in [6.45, 7) is 0. The minimum Gasteiger partial charge on any atom is -0.508 e. The number of aromatic nitrogens is 1. The van der Waals surface area contributed by atoms with E-state index in [1.54, 1.807) is 18.2 Å². The molecule has 0 aliphatic heterocycles. The van der Waals surface area contributed by atoms with E-state index in [1.165, 1.54) is 6.07 Å². The number of hydrogen-bond donors (Lipinski definition) is 1. The Morgan fingerprint density at radius 2 is 2.16 bits per heavy atom. The van der Waals surface area contributed by atoms with Crippen molar-refractivity contribution >= 4 is 0 Å². The number of aryl methyl sites for hydroxylation is 2. The molecule has 0 saturated heterocycles. The smallest absolute Gasteiger partial charge is 0.237 e. The van der Waals surface area contributed by atoms with Crippen LogP contribution in [0.15, 0.2) is 30.3 Å². The molecule has 0 bridgehead atoms. The number of aromatic hydroxyl groups is 1. The Bertz CT molecular complexity index is 674. The van der Waals surface area contributed by atoms with Gasteiger partial charge >= 0.3 is 0 Å². The topological polar surface area (TPSA) is 66.1 Å². The van der Waals surface area contributed by atoms with Gasteiger partial charge in [-0.25, -0.2) is 4.98 Å². The minimum atomic E-state index is 0.122. The van der Waals surface area contributed by atoms with Crippen LogP contribution in [0.4, 0.5) is 0 Å². The van der Waals surface area contributed by atoms with Crippen LogP contribution in [-0.2, 0) is 12.8 Å². The van der Waals surface area contributed by atoms with Crippen LogP contribution < -0.4 is 4.74 Å². The van der Waals surface area contributed by atoms with Gasteiger partial charge in [0.25, 0.3) is 0 Å². The Morgan fingerprint density at radius 3 is 2.95 bits per heavy atom. The first-order valence-electron chi connectivity index (χ1n) is 6.16. The maximum atomic E-state index is 9.41. The van der Waals surface area contributed by atoms with Crippen LogP contribution in [0.2, 0.25) is 0 Å². The van der Waals surface area contributed by atoms with Crippen molar-refractivity contribution in [3.8, 4) is 23.4 Å². The molecule has 1 aliphatic rings. The molecule has 1 N–H and O–H groups in total. The van der Waals surface area contributed by atoms with E-state index in [-0.39, 0.29) is 5.75 Å². The summed E-state index contributed by atoms with van der Waals surface area (Å²) in [6.07, 6.45) is 2.98. The third-order valence-electron chi connectivity index (χ3n) is 3.17. The van der Waals surface area contributed by atoms with Crippen molar-refractivity contribution in [1.82, 2.24) is 4.98 Å². The zero-order chi connectivity index (χ0) is 13.2. The molecule has 4 heteroatoms. The van der Waals surface area contributed by atoms with Crippen LogP contribution in [0.1, 0.15) is 23.2 Å². The highest BCUT2D eigenvalue weighted by atomic mass is 16.5. The predicted molar refractivity (Wildman–Crippen MR) is 69.2 cm³/mol. The lowest BCUT2D eigenvalue weighted by Gasteiger charge is -2.08. The molecular formula is C15H12N2O2. The summed E-state index contributed by atoms with van der Waals surface area (Å²) >= 11 is 0. The summed E-state index contributed by atoms with van der Waals surface area (Å²) in [5.74, 6) is 0.910. The highest BCUT2D eigenvalue weighted by Gasteiger charge is 2.17. The molecule has 19 heavy (non-hydrogen) atoms. The van der Waals surface area contributed by atoms with Gasteiger partial charge in [0.05, 0.1) is 0 Å². The van der Waals surface area contributed by atoms with Gasteiger partial charge in [-0.05, 0) is 43.0 Å². The molecule has 1 heterocycles. The quantitative estimate of drug-likeness (QED) is 0.892. The van der Waals surface area contributed by atoms with Gasteiger partial charge in [0, 0.05) is 11.8 Å². The van der Waals surface area contributed by atoms with Gasteiger partial charge in [-0.3, -0.25) is 0 Å². The van der Waals surface area contributed by atoms with Gasteiger partial charge in [0.1, 0.15) is 23.1 Å². The number of nitriles is 1.